The summed E-state index contributed by atoms with van der Waals surface area (Å²) in [5.74, 6) is 1.53. The maximum atomic E-state index is 9.29. The summed E-state index contributed by atoms with van der Waals surface area (Å²) in [4.78, 5) is 0. The van der Waals surface area contributed by atoms with Gasteiger partial charge in [0.15, 0.2) is 0 Å². The summed E-state index contributed by atoms with van der Waals surface area (Å²) < 4.78 is 6.36. The summed E-state index contributed by atoms with van der Waals surface area (Å²) in [7, 11) is 0. The van der Waals surface area contributed by atoms with E-state index in [4.69, 9.17) is 4.74 Å². The third-order valence-electron chi connectivity index (χ3n) is 4.55. The molecule has 3 rings (SSSR count). The Labute approximate surface area is 109 Å². The van der Waals surface area contributed by atoms with Gasteiger partial charge in [-0.1, -0.05) is 24.6 Å². The lowest BCUT2D eigenvalue weighted by Gasteiger charge is -2.44. The second-order valence-corrected chi connectivity index (χ2v) is 5.80. The van der Waals surface area contributed by atoms with Crippen molar-refractivity contribution in [3.8, 4) is 5.75 Å². The number of para-hydroxylation sites is 1. The number of ether oxygens (including phenoxy) is 1. The van der Waals surface area contributed by atoms with Gasteiger partial charge in [-0.3, -0.25) is 0 Å². The number of benzene rings is 1. The summed E-state index contributed by atoms with van der Waals surface area (Å²) in [6.45, 7) is 0.273. The van der Waals surface area contributed by atoms with Gasteiger partial charge in [-0.25, -0.2) is 0 Å². The van der Waals surface area contributed by atoms with Crippen LogP contribution in [0.5, 0.6) is 5.75 Å². The van der Waals surface area contributed by atoms with Crippen molar-refractivity contribution in [3.63, 3.8) is 0 Å². The zero-order valence-electron chi connectivity index (χ0n) is 10.9. The first-order valence-electron chi connectivity index (χ1n) is 7.22. The van der Waals surface area contributed by atoms with E-state index in [1.807, 2.05) is 0 Å². The predicted molar refractivity (Wildman–Crippen MR) is 71.9 cm³/mol. The smallest absolute Gasteiger partial charge is 0.123 e. The zero-order chi connectivity index (χ0) is 12.4. The van der Waals surface area contributed by atoms with Crippen LogP contribution in [-0.2, 0) is 0 Å². The predicted octanol–water partition coefficient (Wildman–Crippen LogP) is 3.64. The van der Waals surface area contributed by atoms with Crippen LogP contribution in [0.15, 0.2) is 24.3 Å². The van der Waals surface area contributed by atoms with E-state index in [1.165, 1.54) is 37.7 Å². The highest BCUT2D eigenvalue weighted by molar-refractivity contribution is 5.39. The van der Waals surface area contributed by atoms with Gasteiger partial charge in [-0.15, -0.1) is 0 Å². The Kier molecular flexibility index (Phi) is 3.29. The number of aliphatic hydroxyl groups is 1. The average molecular weight is 246 g/mol. The molecule has 0 aromatic heterocycles. The van der Waals surface area contributed by atoms with Gasteiger partial charge >= 0.3 is 0 Å². The SMILES string of the molecule is OCCC1CC2(CCCCC2)Oc2ccccc21. The molecule has 1 spiro atoms. The number of hydrogen-bond acceptors (Lipinski definition) is 2. The van der Waals surface area contributed by atoms with Gasteiger partial charge in [0, 0.05) is 6.61 Å². The van der Waals surface area contributed by atoms with E-state index in [-0.39, 0.29) is 12.2 Å². The van der Waals surface area contributed by atoms with Crippen LogP contribution in [0.2, 0.25) is 0 Å². The molecule has 1 saturated carbocycles. The molecule has 2 nitrogen and oxygen atoms in total. The molecule has 2 heteroatoms. The highest BCUT2D eigenvalue weighted by Gasteiger charge is 2.41. The summed E-state index contributed by atoms with van der Waals surface area (Å²) in [5.41, 5.74) is 1.36. The lowest BCUT2D eigenvalue weighted by Crippen LogP contribution is -2.42. The first-order chi connectivity index (χ1) is 8.83. The molecule has 1 N–H and O–H groups in total. The van der Waals surface area contributed by atoms with Crippen LogP contribution in [-0.4, -0.2) is 17.3 Å². The molecule has 1 aromatic carbocycles. The highest BCUT2D eigenvalue weighted by Crippen LogP contribution is 2.47. The lowest BCUT2D eigenvalue weighted by molar-refractivity contribution is -0.00122. The van der Waals surface area contributed by atoms with Gasteiger partial charge < -0.3 is 9.84 Å². The van der Waals surface area contributed by atoms with Crippen LogP contribution < -0.4 is 4.74 Å². The molecule has 1 unspecified atom stereocenters. The first kappa shape index (κ1) is 12.0. The lowest BCUT2D eigenvalue weighted by atomic mass is 9.74. The number of rotatable bonds is 2. The molecule has 0 radical (unpaired) electrons. The topological polar surface area (TPSA) is 29.5 Å². The molecule has 1 aliphatic carbocycles. The first-order valence-corrected chi connectivity index (χ1v) is 7.22. The Bertz CT molecular complexity index is 407. The molecule has 1 aromatic rings. The fraction of sp³-hybridized carbons (Fsp3) is 0.625. The Morgan fingerprint density at radius 2 is 1.94 bits per heavy atom. The molecular formula is C16H22O2. The van der Waals surface area contributed by atoms with Crippen molar-refractivity contribution >= 4 is 0 Å². The quantitative estimate of drug-likeness (QED) is 0.863. The Morgan fingerprint density at radius 3 is 2.72 bits per heavy atom. The second-order valence-electron chi connectivity index (χ2n) is 5.80. The van der Waals surface area contributed by atoms with Crippen LogP contribution in [0.1, 0.15) is 56.4 Å². The fourth-order valence-corrected chi connectivity index (χ4v) is 3.66. The minimum atomic E-state index is 0.0619. The van der Waals surface area contributed by atoms with Crippen molar-refractivity contribution in [2.75, 3.05) is 6.61 Å². The van der Waals surface area contributed by atoms with Crippen LogP contribution in [0, 0.1) is 0 Å². The van der Waals surface area contributed by atoms with Gasteiger partial charge in [0.25, 0.3) is 0 Å². The number of hydrogen-bond donors (Lipinski definition) is 1. The minimum absolute atomic E-state index is 0.0619. The van der Waals surface area contributed by atoms with E-state index in [2.05, 4.69) is 24.3 Å². The fourth-order valence-electron chi connectivity index (χ4n) is 3.66. The molecule has 1 atom stereocenters. The Morgan fingerprint density at radius 1 is 1.17 bits per heavy atom. The average Bonchev–Trinajstić information content (AvgIpc) is 2.40. The third kappa shape index (κ3) is 2.14. The molecule has 0 saturated heterocycles. The van der Waals surface area contributed by atoms with Crippen LogP contribution in [0.4, 0.5) is 0 Å². The molecular weight excluding hydrogens is 224 g/mol. The number of aliphatic hydroxyl groups excluding tert-OH is 1. The van der Waals surface area contributed by atoms with Crippen molar-refractivity contribution in [2.45, 2.75) is 56.5 Å². The van der Waals surface area contributed by atoms with E-state index in [9.17, 15) is 5.11 Å². The Hall–Kier alpha value is -1.02. The standard InChI is InChI=1S/C16H22O2/c17-11-8-13-12-16(9-4-1-5-10-16)18-15-7-3-2-6-14(13)15/h2-3,6-7,13,17H,1,4-5,8-12H2. The molecule has 1 fully saturated rings. The molecule has 2 aliphatic rings. The molecule has 0 amide bonds. The van der Waals surface area contributed by atoms with Gasteiger partial charge in [0.2, 0.25) is 0 Å². The van der Waals surface area contributed by atoms with Crippen molar-refractivity contribution < 1.29 is 9.84 Å². The third-order valence-corrected chi connectivity index (χ3v) is 4.55. The largest absolute Gasteiger partial charge is 0.487 e. The number of fused-ring (bicyclic) bond motifs is 1. The van der Waals surface area contributed by atoms with Gasteiger partial charge in [0.1, 0.15) is 11.4 Å². The molecule has 1 heterocycles. The van der Waals surface area contributed by atoms with Crippen molar-refractivity contribution in [1.29, 1.82) is 0 Å². The van der Waals surface area contributed by atoms with E-state index >= 15 is 0 Å². The van der Waals surface area contributed by atoms with Gasteiger partial charge in [-0.2, -0.15) is 0 Å². The molecule has 18 heavy (non-hydrogen) atoms. The Balaban J connectivity index is 1.91. The van der Waals surface area contributed by atoms with Crippen LogP contribution >= 0.6 is 0 Å². The van der Waals surface area contributed by atoms with E-state index in [1.54, 1.807) is 0 Å². The minimum Gasteiger partial charge on any atom is -0.487 e. The van der Waals surface area contributed by atoms with Crippen LogP contribution in [0.3, 0.4) is 0 Å². The highest BCUT2D eigenvalue weighted by atomic mass is 16.5. The van der Waals surface area contributed by atoms with Crippen molar-refractivity contribution in [3.05, 3.63) is 29.8 Å². The van der Waals surface area contributed by atoms with Gasteiger partial charge in [0.05, 0.1) is 0 Å². The van der Waals surface area contributed by atoms with Gasteiger partial charge in [-0.05, 0) is 56.1 Å². The van der Waals surface area contributed by atoms with Crippen LogP contribution in [0.25, 0.3) is 0 Å². The summed E-state index contributed by atoms with van der Waals surface area (Å²) in [6.07, 6.45) is 8.23. The van der Waals surface area contributed by atoms with Crippen molar-refractivity contribution in [1.82, 2.24) is 0 Å². The maximum Gasteiger partial charge on any atom is 0.123 e. The maximum absolute atomic E-state index is 9.29. The summed E-state index contributed by atoms with van der Waals surface area (Å²) in [6, 6.07) is 8.38. The molecule has 98 valence electrons. The summed E-state index contributed by atoms with van der Waals surface area (Å²) >= 11 is 0. The van der Waals surface area contributed by atoms with E-state index < -0.39 is 0 Å². The summed E-state index contributed by atoms with van der Waals surface area (Å²) in [5, 5.41) is 9.29. The zero-order valence-corrected chi connectivity index (χ0v) is 10.9. The van der Waals surface area contributed by atoms with E-state index in [0.29, 0.717) is 5.92 Å². The van der Waals surface area contributed by atoms with E-state index in [0.717, 1.165) is 18.6 Å². The normalized spacial score (nSPS) is 25.5. The second kappa shape index (κ2) is 4.93. The monoisotopic (exact) mass is 246 g/mol. The molecule has 1 aliphatic heterocycles. The van der Waals surface area contributed by atoms with Crippen molar-refractivity contribution in [2.24, 2.45) is 0 Å². The molecule has 0 bridgehead atoms.